The van der Waals surface area contributed by atoms with Crippen molar-refractivity contribution in [2.45, 2.75) is 39.2 Å². The van der Waals surface area contributed by atoms with E-state index in [4.69, 9.17) is 0 Å². The van der Waals surface area contributed by atoms with Crippen LogP contribution in [-0.2, 0) is 18.4 Å². The molecule has 7 heteroatoms. The minimum absolute atomic E-state index is 0.0786. The smallest absolute Gasteiger partial charge is 0.253 e. The predicted molar refractivity (Wildman–Crippen MR) is 126 cm³/mol. The summed E-state index contributed by atoms with van der Waals surface area (Å²) in [6.07, 6.45) is 8.08. The normalized spacial score (nSPS) is 25.5. The summed E-state index contributed by atoms with van der Waals surface area (Å²) in [6, 6.07) is 7.82. The fraction of sp³-hybridized carbons (Fsp3) is 0.577. The van der Waals surface area contributed by atoms with Crippen LogP contribution in [0.5, 0.6) is 0 Å². The lowest BCUT2D eigenvalue weighted by molar-refractivity contribution is -0.133. The van der Waals surface area contributed by atoms with Crippen molar-refractivity contribution < 1.29 is 9.59 Å². The summed E-state index contributed by atoms with van der Waals surface area (Å²) in [5.41, 5.74) is 2.61. The quantitative estimate of drug-likeness (QED) is 0.736. The Morgan fingerprint density at radius 1 is 1.18 bits per heavy atom. The van der Waals surface area contributed by atoms with E-state index in [0.29, 0.717) is 19.0 Å². The third-order valence-electron chi connectivity index (χ3n) is 7.71. The third kappa shape index (κ3) is 4.69. The summed E-state index contributed by atoms with van der Waals surface area (Å²) < 4.78 is 1.82. The molecule has 2 aliphatic heterocycles. The molecule has 0 spiro atoms. The van der Waals surface area contributed by atoms with Gasteiger partial charge in [0.2, 0.25) is 5.91 Å². The average Bonchev–Trinajstić information content (AvgIpc) is 3.49. The molecule has 5 rings (SSSR count). The number of hydrogen-bond donors (Lipinski definition) is 1. The minimum atomic E-state index is -0.431. The summed E-state index contributed by atoms with van der Waals surface area (Å²) in [4.78, 5) is 31.3. The van der Waals surface area contributed by atoms with Crippen LogP contribution in [0.2, 0.25) is 0 Å². The molecular weight excluding hydrogens is 414 g/mol. The van der Waals surface area contributed by atoms with Gasteiger partial charge in [0.15, 0.2) is 0 Å². The molecule has 0 bridgehead atoms. The van der Waals surface area contributed by atoms with E-state index in [1.165, 1.54) is 12.8 Å². The summed E-state index contributed by atoms with van der Waals surface area (Å²) in [5, 5.41) is 7.59. The van der Waals surface area contributed by atoms with Gasteiger partial charge in [0.05, 0.1) is 11.6 Å². The van der Waals surface area contributed by atoms with Crippen molar-refractivity contribution in [3.8, 4) is 0 Å². The lowest BCUT2D eigenvalue weighted by atomic mass is 9.74. The number of nitrogens with one attached hydrogen (secondary N) is 1. The van der Waals surface area contributed by atoms with Gasteiger partial charge in [0.1, 0.15) is 0 Å². The van der Waals surface area contributed by atoms with E-state index >= 15 is 0 Å². The Hall–Kier alpha value is -2.67. The SMILES string of the molecule is Cc1ccc(C(=O)N2CCC[C@]3(C(=O)NCC4CC4)CN(Cc4cnn(C)c4)C[C@@H]3C2)cc1. The van der Waals surface area contributed by atoms with Crippen molar-refractivity contribution in [2.75, 3.05) is 32.7 Å². The lowest BCUT2D eigenvalue weighted by Crippen LogP contribution is -2.48. The first-order valence-electron chi connectivity index (χ1n) is 12.3. The van der Waals surface area contributed by atoms with E-state index in [0.717, 1.165) is 55.7 Å². The van der Waals surface area contributed by atoms with E-state index in [1.807, 2.05) is 60.2 Å². The topological polar surface area (TPSA) is 70.5 Å². The number of fused-ring (bicyclic) bond motifs is 1. The molecule has 33 heavy (non-hydrogen) atoms. The zero-order valence-corrected chi connectivity index (χ0v) is 19.8. The van der Waals surface area contributed by atoms with Crippen molar-refractivity contribution in [2.24, 2.45) is 24.3 Å². The zero-order chi connectivity index (χ0) is 23.0. The van der Waals surface area contributed by atoms with E-state index in [9.17, 15) is 9.59 Å². The maximum atomic E-state index is 13.6. The lowest BCUT2D eigenvalue weighted by Gasteiger charge is -2.32. The van der Waals surface area contributed by atoms with Gasteiger partial charge >= 0.3 is 0 Å². The maximum absolute atomic E-state index is 13.6. The average molecular weight is 450 g/mol. The summed E-state index contributed by atoms with van der Waals surface area (Å²) >= 11 is 0. The van der Waals surface area contributed by atoms with E-state index in [2.05, 4.69) is 15.3 Å². The van der Waals surface area contributed by atoms with Crippen molar-refractivity contribution >= 4 is 11.8 Å². The van der Waals surface area contributed by atoms with Gasteiger partial charge < -0.3 is 10.2 Å². The Labute approximate surface area is 196 Å². The molecule has 2 atom stereocenters. The van der Waals surface area contributed by atoms with Crippen LogP contribution in [-0.4, -0.2) is 64.1 Å². The molecule has 176 valence electrons. The number of aromatic nitrogens is 2. The summed E-state index contributed by atoms with van der Waals surface area (Å²) in [5.74, 6) is 1.06. The fourth-order valence-corrected chi connectivity index (χ4v) is 5.64. The number of benzene rings is 1. The number of carbonyl (C=O) groups is 2. The van der Waals surface area contributed by atoms with E-state index in [1.54, 1.807) is 0 Å². The molecule has 2 aromatic rings. The molecule has 0 radical (unpaired) electrons. The van der Waals surface area contributed by atoms with Gasteiger partial charge in [0, 0.05) is 69.6 Å². The van der Waals surface area contributed by atoms with Crippen molar-refractivity contribution in [3.05, 3.63) is 53.3 Å². The number of likely N-dealkylation sites (tertiary alicyclic amines) is 2. The van der Waals surface area contributed by atoms with Gasteiger partial charge in [-0.25, -0.2) is 0 Å². The highest BCUT2D eigenvalue weighted by Gasteiger charge is 2.53. The van der Waals surface area contributed by atoms with Crippen LogP contribution in [0.3, 0.4) is 0 Å². The second-order valence-corrected chi connectivity index (χ2v) is 10.4. The van der Waals surface area contributed by atoms with Gasteiger partial charge in [0.25, 0.3) is 5.91 Å². The highest BCUT2D eigenvalue weighted by atomic mass is 16.2. The summed E-state index contributed by atoms with van der Waals surface area (Å²) in [6.45, 7) is 6.52. The van der Waals surface area contributed by atoms with Crippen LogP contribution in [0.15, 0.2) is 36.7 Å². The van der Waals surface area contributed by atoms with Gasteiger partial charge in [-0.1, -0.05) is 17.7 Å². The molecule has 0 unspecified atom stereocenters. The second-order valence-electron chi connectivity index (χ2n) is 10.4. The Morgan fingerprint density at radius 3 is 2.67 bits per heavy atom. The Morgan fingerprint density at radius 2 is 1.97 bits per heavy atom. The first-order valence-corrected chi connectivity index (χ1v) is 12.3. The van der Waals surface area contributed by atoms with Crippen LogP contribution in [0, 0.1) is 24.2 Å². The first kappa shape index (κ1) is 22.1. The molecule has 1 aromatic heterocycles. The molecule has 3 heterocycles. The molecule has 3 aliphatic rings. The van der Waals surface area contributed by atoms with Gasteiger partial charge in [-0.3, -0.25) is 19.2 Å². The molecular formula is C26H35N5O2. The number of carbonyl (C=O) groups excluding carboxylic acids is 2. The molecule has 1 N–H and O–H groups in total. The standard InChI is InChI=1S/C26H35N5O2/c1-19-4-8-22(9-5-19)24(32)31-11-3-10-26(25(33)27-12-20-6-7-20)18-30(16-23(26)17-31)15-21-13-28-29(2)14-21/h4-5,8-9,13-14,20,23H,3,6-7,10-12,15-18H2,1-2H3,(H,27,33)/t23-,26+/m1/s1. The zero-order valence-electron chi connectivity index (χ0n) is 19.8. The maximum Gasteiger partial charge on any atom is 0.253 e. The van der Waals surface area contributed by atoms with Crippen molar-refractivity contribution in [1.82, 2.24) is 24.9 Å². The number of aryl methyl sites for hydroxylation is 2. The largest absolute Gasteiger partial charge is 0.355 e. The van der Waals surface area contributed by atoms with Crippen LogP contribution >= 0.6 is 0 Å². The third-order valence-corrected chi connectivity index (χ3v) is 7.71. The Balaban J connectivity index is 1.36. The van der Waals surface area contributed by atoms with Gasteiger partial charge in [-0.05, 0) is 50.7 Å². The van der Waals surface area contributed by atoms with Gasteiger partial charge in [-0.2, -0.15) is 5.10 Å². The van der Waals surface area contributed by atoms with Crippen molar-refractivity contribution in [3.63, 3.8) is 0 Å². The Kier molecular flexibility index (Phi) is 5.99. The van der Waals surface area contributed by atoms with Crippen LogP contribution in [0.1, 0.15) is 47.2 Å². The van der Waals surface area contributed by atoms with Crippen molar-refractivity contribution in [1.29, 1.82) is 0 Å². The summed E-state index contributed by atoms with van der Waals surface area (Å²) in [7, 11) is 1.93. The monoisotopic (exact) mass is 449 g/mol. The predicted octanol–water partition coefficient (Wildman–Crippen LogP) is 2.61. The van der Waals surface area contributed by atoms with Crippen LogP contribution in [0.4, 0.5) is 0 Å². The molecule has 2 saturated heterocycles. The minimum Gasteiger partial charge on any atom is -0.355 e. The Bertz CT molecular complexity index is 1010. The van der Waals surface area contributed by atoms with Crippen LogP contribution in [0.25, 0.3) is 0 Å². The molecule has 1 aliphatic carbocycles. The second kappa shape index (κ2) is 8.93. The van der Waals surface area contributed by atoms with Crippen LogP contribution < -0.4 is 5.32 Å². The molecule has 2 amide bonds. The number of nitrogens with zero attached hydrogens (tertiary/aromatic N) is 4. The fourth-order valence-electron chi connectivity index (χ4n) is 5.64. The molecule has 7 nitrogen and oxygen atoms in total. The number of rotatable bonds is 6. The van der Waals surface area contributed by atoms with E-state index < -0.39 is 5.41 Å². The molecule has 3 fully saturated rings. The molecule has 1 saturated carbocycles. The number of hydrogen-bond acceptors (Lipinski definition) is 4. The highest BCUT2D eigenvalue weighted by Crippen LogP contribution is 2.44. The molecule has 1 aromatic carbocycles. The van der Waals surface area contributed by atoms with Gasteiger partial charge in [-0.15, -0.1) is 0 Å². The highest BCUT2D eigenvalue weighted by molar-refractivity contribution is 5.94. The van der Waals surface area contributed by atoms with E-state index in [-0.39, 0.29) is 17.7 Å². The number of amides is 2. The first-order chi connectivity index (χ1) is 15.9.